The van der Waals surface area contributed by atoms with Crippen LogP contribution < -0.4 is 10.2 Å². The predicted octanol–water partition coefficient (Wildman–Crippen LogP) is 7.56. The molecule has 50 heavy (non-hydrogen) atoms. The number of benzene rings is 2. The van der Waals surface area contributed by atoms with E-state index >= 15 is 0 Å². The molecule has 0 aliphatic carbocycles. The summed E-state index contributed by atoms with van der Waals surface area (Å²) < 4.78 is 86.8. The fourth-order valence-corrected chi connectivity index (χ4v) is 7.16. The average molecular weight is 727 g/mol. The second-order valence-electron chi connectivity index (χ2n) is 13.4. The number of ether oxygens (including phenoxy) is 1. The Labute approximate surface area is 290 Å². The molecular weight excluding hydrogens is 686 g/mol. The molecule has 1 N–H and O–H groups in total. The van der Waals surface area contributed by atoms with Crippen molar-refractivity contribution in [2.75, 3.05) is 61.8 Å². The molecule has 3 aromatic rings. The molecule has 9 nitrogen and oxygen atoms in total. The van der Waals surface area contributed by atoms with Crippen LogP contribution in [0.5, 0.6) is 0 Å². The zero-order chi connectivity index (χ0) is 36.3. The zero-order valence-electron chi connectivity index (χ0n) is 28.0. The number of nitrogens with one attached hydrogen (secondary N) is 1. The highest BCUT2D eigenvalue weighted by Crippen LogP contribution is 2.39. The van der Waals surface area contributed by atoms with Gasteiger partial charge in [-0.2, -0.15) is 26.3 Å². The summed E-state index contributed by atoms with van der Waals surface area (Å²) in [7, 11) is 0. The largest absolute Gasteiger partial charge is 0.451 e. The van der Waals surface area contributed by atoms with Gasteiger partial charge >= 0.3 is 18.4 Å². The first-order valence-corrected chi connectivity index (χ1v) is 17.4. The Morgan fingerprint density at radius 1 is 0.920 bits per heavy atom. The number of alkyl halides is 6. The number of hydrogen-bond acceptors (Lipinski definition) is 8. The second kappa shape index (κ2) is 15.1. The maximum absolute atomic E-state index is 14.1. The van der Waals surface area contributed by atoms with E-state index < -0.39 is 35.4 Å². The number of amides is 2. The standard InChI is InChI=1S/C34H40F6N6O3S/c1-32(2,3)49-31(48)46-17-15-44(16-18-46)27-8-7-23(19-25(27)33(35,36)37)41-12-9-29(47)45-13-10-22(11-14-45)21-50-28-6-4-5-26-24(28)20-42-30(43-26)34(38,39)40/h4-8,19-20,22,41H,9-18,21H2,1-3H3. The van der Waals surface area contributed by atoms with Crippen LogP contribution in [-0.2, 0) is 21.9 Å². The molecule has 2 saturated heterocycles. The molecule has 2 aliphatic heterocycles. The third-order valence-corrected chi connectivity index (χ3v) is 9.83. The maximum Gasteiger partial charge on any atom is 0.451 e. The number of piperazine rings is 1. The Balaban J connectivity index is 1.08. The van der Waals surface area contributed by atoms with Gasteiger partial charge < -0.3 is 24.8 Å². The quantitative estimate of drug-likeness (QED) is 0.188. The van der Waals surface area contributed by atoms with Crippen LogP contribution in [-0.4, -0.2) is 88.9 Å². The van der Waals surface area contributed by atoms with Gasteiger partial charge in [-0.25, -0.2) is 14.8 Å². The molecule has 2 aliphatic rings. The normalized spacial score (nSPS) is 16.5. The SMILES string of the molecule is CC(C)(C)OC(=O)N1CCN(c2ccc(NCCC(=O)N3CCC(CSc4cccc5nc(C(F)(F)F)ncc45)CC3)cc2C(F)(F)F)CC1. The van der Waals surface area contributed by atoms with E-state index in [9.17, 15) is 35.9 Å². The minimum absolute atomic E-state index is 0.0355. The molecule has 1 aromatic heterocycles. The van der Waals surface area contributed by atoms with Gasteiger partial charge in [0.15, 0.2) is 0 Å². The van der Waals surface area contributed by atoms with E-state index in [-0.39, 0.29) is 61.9 Å². The van der Waals surface area contributed by atoms with E-state index in [0.29, 0.717) is 24.4 Å². The number of rotatable bonds is 8. The second-order valence-corrected chi connectivity index (χ2v) is 14.4. The van der Waals surface area contributed by atoms with E-state index in [1.165, 1.54) is 35.0 Å². The monoisotopic (exact) mass is 726 g/mol. The van der Waals surface area contributed by atoms with E-state index in [1.54, 1.807) is 42.7 Å². The molecule has 3 heterocycles. The lowest BCUT2D eigenvalue weighted by atomic mass is 9.99. The van der Waals surface area contributed by atoms with E-state index in [0.717, 1.165) is 29.6 Å². The van der Waals surface area contributed by atoms with Crippen LogP contribution in [0.2, 0.25) is 0 Å². The fraction of sp³-hybridized carbons (Fsp3) is 0.529. The Kier molecular flexibility index (Phi) is 11.3. The van der Waals surface area contributed by atoms with Gasteiger partial charge in [0, 0.05) is 85.8 Å². The molecule has 2 amide bonds. The number of aromatic nitrogens is 2. The van der Waals surface area contributed by atoms with E-state index in [1.807, 2.05) is 6.07 Å². The first kappa shape index (κ1) is 37.3. The lowest BCUT2D eigenvalue weighted by molar-refractivity contribution is -0.144. The highest BCUT2D eigenvalue weighted by atomic mass is 32.2. The first-order valence-electron chi connectivity index (χ1n) is 16.4. The predicted molar refractivity (Wildman–Crippen MR) is 179 cm³/mol. The summed E-state index contributed by atoms with van der Waals surface area (Å²) in [6.45, 7) is 7.45. The maximum atomic E-state index is 14.1. The van der Waals surface area contributed by atoms with Crippen molar-refractivity contribution in [3.05, 3.63) is 54.0 Å². The number of carbonyl (C=O) groups is 2. The molecule has 0 spiro atoms. The molecule has 5 rings (SSSR count). The zero-order valence-corrected chi connectivity index (χ0v) is 28.9. The van der Waals surface area contributed by atoms with E-state index in [4.69, 9.17) is 4.74 Å². The molecule has 0 unspecified atom stereocenters. The molecule has 272 valence electrons. The van der Waals surface area contributed by atoms with Crippen molar-refractivity contribution in [3.63, 3.8) is 0 Å². The number of nitrogens with zero attached hydrogens (tertiary/aromatic N) is 5. The minimum atomic E-state index is -4.62. The average Bonchev–Trinajstić information content (AvgIpc) is 3.05. The number of thioether (sulfide) groups is 1. The highest BCUT2D eigenvalue weighted by molar-refractivity contribution is 7.99. The molecule has 0 radical (unpaired) electrons. The lowest BCUT2D eigenvalue weighted by Crippen LogP contribution is -2.50. The van der Waals surface area contributed by atoms with Crippen molar-refractivity contribution in [2.24, 2.45) is 5.92 Å². The summed E-state index contributed by atoms with van der Waals surface area (Å²) >= 11 is 1.53. The third kappa shape index (κ3) is 9.63. The molecule has 0 atom stereocenters. The van der Waals surface area contributed by atoms with Gasteiger partial charge in [0.05, 0.1) is 11.1 Å². The minimum Gasteiger partial charge on any atom is -0.444 e. The number of halogens is 6. The molecule has 2 fully saturated rings. The molecule has 16 heteroatoms. The number of anilines is 2. The Bertz CT molecular complexity index is 1670. The molecule has 2 aromatic carbocycles. The topological polar surface area (TPSA) is 90.9 Å². The molecule has 0 saturated carbocycles. The molecule has 0 bridgehead atoms. The van der Waals surface area contributed by atoms with Crippen LogP contribution in [0.1, 0.15) is 51.4 Å². The summed E-state index contributed by atoms with van der Waals surface area (Å²) in [6.07, 6.45) is -6.88. The number of hydrogen-bond donors (Lipinski definition) is 1. The molecular formula is C34H40F6N6O3S. The fourth-order valence-electron chi connectivity index (χ4n) is 5.92. The van der Waals surface area contributed by atoms with Crippen molar-refractivity contribution in [1.82, 2.24) is 19.8 Å². The summed E-state index contributed by atoms with van der Waals surface area (Å²) in [6, 6.07) is 9.07. The number of piperidine rings is 1. The van der Waals surface area contributed by atoms with Gasteiger partial charge in [0.1, 0.15) is 5.60 Å². The van der Waals surface area contributed by atoms with Crippen LogP contribution in [0.15, 0.2) is 47.5 Å². The summed E-state index contributed by atoms with van der Waals surface area (Å²) in [5.41, 5.74) is -0.938. The van der Waals surface area contributed by atoms with Gasteiger partial charge in [-0.15, -0.1) is 11.8 Å². The summed E-state index contributed by atoms with van der Waals surface area (Å²) in [5, 5.41) is 3.52. The van der Waals surface area contributed by atoms with Crippen molar-refractivity contribution in [2.45, 2.75) is 62.9 Å². The number of carbonyl (C=O) groups excluding carboxylic acids is 2. The first-order chi connectivity index (χ1) is 23.5. The third-order valence-electron chi connectivity index (χ3n) is 8.52. The Hall–Kier alpha value is -3.95. The van der Waals surface area contributed by atoms with Crippen LogP contribution in [0.4, 0.5) is 42.5 Å². The van der Waals surface area contributed by atoms with Crippen LogP contribution in [0, 0.1) is 5.92 Å². The Morgan fingerprint density at radius 3 is 2.26 bits per heavy atom. The van der Waals surface area contributed by atoms with Gasteiger partial charge in [-0.05, 0) is 69.9 Å². The van der Waals surface area contributed by atoms with Crippen LogP contribution >= 0.6 is 11.8 Å². The number of likely N-dealkylation sites (tertiary alicyclic amines) is 1. The van der Waals surface area contributed by atoms with Gasteiger partial charge in [-0.1, -0.05) is 6.07 Å². The van der Waals surface area contributed by atoms with Gasteiger partial charge in [0.2, 0.25) is 11.7 Å². The van der Waals surface area contributed by atoms with Crippen molar-refractivity contribution in [1.29, 1.82) is 0 Å². The van der Waals surface area contributed by atoms with Crippen LogP contribution in [0.25, 0.3) is 10.9 Å². The van der Waals surface area contributed by atoms with Crippen molar-refractivity contribution >= 4 is 46.0 Å². The number of fused-ring (bicyclic) bond motifs is 1. The van der Waals surface area contributed by atoms with Crippen LogP contribution in [0.3, 0.4) is 0 Å². The van der Waals surface area contributed by atoms with E-state index in [2.05, 4.69) is 15.3 Å². The smallest absolute Gasteiger partial charge is 0.444 e. The van der Waals surface area contributed by atoms with Crippen molar-refractivity contribution in [3.8, 4) is 0 Å². The highest BCUT2D eigenvalue weighted by Gasteiger charge is 2.37. The summed E-state index contributed by atoms with van der Waals surface area (Å²) in [5.74, 6) is -0.245. The van der Waals surface area contributed by atoms with Gasteiger partial charge in [0.25, 0.3) is 0 Å². The van der Waals surface area contributed by atoms with Crippen molar-refractivity contribution < 1.29 is 40.7 Å². The Morgan fingerprint density at radius 2 is 1.62 bits per heavy atom. The lowest BCUT2D eigenvalue weighted by Gasteiger charge is -2.37. The summed E-state index contributed by atoms with van der Waals surface area (Å²) in [4.78, 5) is 38.1. The van der Waals surface area contributed by atoms with Gasteiger partial charge in [-0.3, -0.25) is 4.79 Å².